The van der Waals surface area contributed by atoms with Crippen LogP contribution in [0, 0.1) is 5.92 Å². The molecule has 0 spiro atoms. The van der Waals surface area contributed by atoms with Gasteiger partial charge in [0.2, 0.25) is 15.9 Å². The third kappa shape index (κ3) is 4.38. The van der Waals surface area contributed by atoms with Crippen molar-refractivity contribution in [1.82, 2.24) is 9.62 Å². The molecule has 1 saturated heterocycles. The number of nitrogens with zero attached hydrogens (tertiary/aromatic N) is 1. The lowest BCUT2D eigenvalue weighted by Gasteiger charge is -2.31. The van der Waals surface area contributed by atoms with E-state index in [0.29, 0.717) is 24.4 Å². The van der Waals surface area contributed by atoms with E-state index in [0.717, 1.165) is 0 Å². The Morgan fingerprint density at radius 2 is 2.04 bits per heavy atom. The van der Waals surface area contributed by atoms with E-state index in [2.05, 4.69) is 5.32 Å². The number of carbonyl (C=O) groups is 1. The van der Waals surface area contributed by atoms with Gasteiger partial charge in [0.25, 0.3) is 0 Å². The molecule has 1 aliphatic heterocycles. The first-order valence-electron chi connectivity index (χ1n) is 7.47. The molecule has 1 heterocycles. The van der Waals surface area contributed by atoms with E-state index in [4.69, 9.17) is 23.2 Å². The molecule has 0 aliphatic carbocycles. The number of amides is 1. The van der Waals surface area contributed by atoms with Crippen molar-refractivity contribution in [1.29, 1.82) is 0 Å². The van der Waals surface area contributed by atoms with Gasteiger partial charge in [0.05, 0.1) is 10.9 Å². The van der Waals surface area contributed by atoms with E-state index in [9.17, 15) is 13.2 Å². The Morgan fingerprint density at radius 1 is 1.35 bits per heavy atom. The summed E-state index contributed by atoms with van der Waals surface area (Å²) in [5.41, 5.74) is 0. The number of benzene rings is 1. The first-order valence-corrected chi connectivity index (χ1v) is 9.67. The number of hydrogen-bond acceptors (Lipinski definition) is 3. The average Bonchev–Trinajstić information content (AvgIpc) is 2.49. The number of rotatable bonds is 4. The Balaban J connectivity index is 2.23. The Kier molecular flexibility index (Phi) is 5.94. The molecule has 0 saturated carbocycles. The number of carbonyl (C=O) groups excluding carboxylic acids is 1. The largest absolute Gasteiger partial charge is 0.354 e. The first-order chi connectivity index (χ1) is 10.7. The molecular weight excluding hydrogens is 359 g/mol. The smallest absolute Gasteiger partial charge is 0.244 e. The normalized spacial score (nSPS) is 19.8. The van der Waals surface area contributed by atoms with Crippen molar-refractivity contribution in [3.8, 4) is 0 Å². The quantitative estimate of drug-likeness (QED) is 0.875. The number of halogens is 2. The van der Waals surface area contributed by atoms with Gasteiger partial charge in [0.1, 0.15) is 4.90 Å². The lowest BCUT2D eigenvalue weighted by Crippen LogP contribution is -2.46. The summed E-state index contributed by atoms with van der Waals surface area (Å²) >= 11 is 11.9. The topological polar surface area (TPSA) is 66.5 Å². The molecule has 0 radical (unpaired) electrons. The maximum absolute atomic E-state index is 12.8. The van der Waals surface area contributed by atoms with Crippen LogP contribution in [0.3, 0.4) is 0 Å². The minimum Gasteiger partial charge on any atom is -0.354 e. The molecule has 1 aliphatic rings. The fourth-order valence-corrected chi connectivity index (χ4v) is 4.85. The summed E-state index contributed by atoms with van der Waals surface area (Å²) in [4.78, 5) is 12.1. The minimum atomic E-state index is -3.77. The molecule has 2 rings (SSSR count). The first kappa shape index (κ1) is 18.5. The maximum atomic E-state index is 12.8. The van der Waals surface area contributed by atoms with Crippen LogP contribution in [-0.4, -0.2) is 37.8 Å². The minimum absolute atomic E-state index is 0.0171. The summed E-state index contributed by atoms with van der Waals surface area (Å²) in [5, 5.41) is 3.27. The molecular formula is C15H20Cl2N2O3S. The van der Waals surface area contributed by atoms with Gasteiger partial charge in [-0.15, -0.1) is 0 Å². The molecule has 1 amide bonds. The van der Waals surface area contributed by atoms with Crippen LogP contribution >= 0.6 is 23.2 Å². The lowest BCUT2D eigenvalue weighted by molar-refractivity contribution is -0.126. The molecule has 0 aromatic heterocycles. The molecule has 23 heavy (non-hydrogen) atoms. The van der Waals surface area contributed by atoms with Gasteiger partial charge in [-0.3, -0.25) is 4.79 Å². The van der Waals surface area contributed by atoms with Crippen molar-refractivity contribution in [2.24, 2.45) is 5.92 Å². The zero-order chi connectivity index (χ0) is 17.2. The van der Waals surface area contributed by atoms with Gasteiger partial charge in [0.15, 0.2) is 0 Å². The van der Waals surface area contributed by atoms with E-state index in [1.807, 2.05) is 13.8 Å². The molecule has 128 valence electrons. The second-order valence-electron chi connectivity index (χ2n) is 5.94. The summed E-state index contributed by atoms with van der Waals surface area (Å²) in [6.45, 7) is 4.28. The van der Waals surface area contributed by atoms with Gasteiger partial charge in [-0.1, -0.05) is 23.2 Å². The van der Waals surface area contributed by atoms with Crippen LogP contribution < -0.4 is 5.32 Å². The predicted octanol–water partition coefficient (Wildman–Crippen LogP) is 2.92. The van der Waals surface area contributed by atoms with E-state index in [1.165, 1.54) is 22.5 Å². The highest BCUT2D eigenvalue weighted by atomic mass is 35.5. The van der Waals surface area contributed by atoms with Gasteiger partial charge in [-0.05, 0) is 44.9 Å². The van der Waals surface area contributed by atoms with Crippen molar-refractivity contribution in [2.75, 3.05) is 13.1 Å². The van der Waals surface area contributed by atoms with Crippen LogP contribution in [0.15, 0.2) is 23.1 Å². The molecule has 1 atom stereocenters. The van der Waals surface area contributed by atoms with Crippen LogP contribution in [-0.2, 0) is 14.8 Å². The monoisotopic (exact) mass is 378 g/mol. The molecule has 1 aromatic rings. The molecule has 1 aromatic carbocycles. The Hall–Kier alpha value is -0.820. The summed E-state index contributed by atoms with van der Waals surface area (Å²) in [6.07, 6.45) is 1.31. The fraction of sp³-hybridized carbons (Fsp3) is 0.533. The summed E-state index contributed by atoms with van der Waals surface area (Å²) < 4.78 is 26.9. The number of sulfonamides is 1. The van der Waals surface area contributed by atoms with Crippen molar-refractivity contribution in [3.63, 3.8) is 0 Å². The lowest BCUT2D eigenvalue weighted by atomic mass is 9.98. The number of nitrogens with one attached hydrogen (secondary N) is 1. The Morgan fingerprint density at radius 3 is 2.70 bits per heavy atom. The number of hydrogen-bond donors (Lipinski definition) is 1. The second kappa shape index (κ2) is 7.38. The molecule has 1 N–H and O–H groups in total. The highest BCUT2D eigenvalue weighted by Gasteiger charge is 2.34. The van der Waals surface area contributed by atoms with Gasteiger partial charge in [0, 0.05) is 24.2 Å². The van der Waals surface area contributed by atoms with Crippen LogP contribution in [0.2, 0.25) is 10.0 Å². The highest BCUT2D eigenvalue weighted by Crippen LogP contribution is 2.30. The third-order valence-electron chi connectivity index (χ3n) is 3.70. The van der Waals surface area contributed by atoms with Gasteiger partial charge < -0.3 is 5.32 Å². The van der Waals surface area contributed by atoms with Crippen molar-refractivity contribution < 1.29 is 13.2 Å². The standard InChI is InChI=1S/C15H20Cl2N2O3S/c1-10(2)18-15(20)11-4-3-7-19(9-11)23(21,22)14-8-12(16)5-6-13(14)17/h5-6,8,10-11H,3-4,7,9H2,1-2H3,(H,18,20)/t11-/m0/s1. The predicted molar refractivity (Wildman–Crippen MR) is 91.2 cm³/mol. The zero-order valence-electron chi connectivity index (χ0n) is 13.1. The Bertz CT molecular complexity index is 692. The average molecular weight is 379 g/mol. The van der Waals surface area contributed by atoms with E-state index < -0.39 is 10.0 Å². The summed E-state index contributed by atoms with van der Waals surface area (Å²) in [6, 6.07) is 4.37. The Labute approximate surface area is 147 Å². The van der Waals surface area contributed by atoms with Gasteiger partial charge >= 0.3 is 0 Å². The van der Waals surface area contributed by atoms with Crippen LogP contribution in [0.25, 0.3) is 0 Å². The van der Waals surface area contributed by atoms with E-state index >= 15 is 0 Å². The fourth-order valence-electron chi connectivity index (χ4n) is 2.59. The molecule has 0 unspecified atom stereocenters. The molecule has 8 heteroatoms. The SMILES string of the molecule is CC(C)NC(=O)[C@H]1CCCN(S(=O)(=O)c2cc(Cl)ccc2Cl)C1. The number of piperidine rings is 1. The summed E-state index contributed by atoms with van der Waals surface area (Å²) in [5.74, 6) is -0.462. The second-order valence-corrected chi connectivity index (χ2v) is 8.69. The van der Waals surface area contributed by atoms with E-state index in [-0.39, 0.29) is 34.3 Å². The van der Waals surface area contributed by atoms with Crippen molar-refractivity contribution in [3.05, 3.63) is 28.2 Å². The molecule has 0 bridgehead atoms. The van der Waals surface area contributed by atoms with Crippen LogP contribution in [0.4, 0.5) is 0 Å². The van der Waals surface area contributed by atoms with Gasteiger partial charge in [-0.2, -0.15) is 4.31 Å². The van der Waals surface area contributed by atoms with E-state index in [1.54, 1.807) is 0 Å². The summed E-state index contributed by atoms with van der Waals surface area (Å²) in [7, 11) is -3.77. The van der Waals surface area contributed by atoms with Crippen molar-refractivity contribution >= 4 is 39.1 Å². The zero-order valence-corrected chi connectivity index (χ0v) is 15.4. The van der Waals surface area contributed by atoms with Crippen LogP contribution in [0.5, 0.6) is 0 Å². The van der Waals surface area contributed by atoms with Gasteiger partial charge in [-0.25, -0.2) is 8.42 Å². The molecule has 5 nitrogen and oxygen atoms in total. The van der Waals surface area contributed by atoms with Crippen molar-refractivity contribution in [2.45, 2.75) is 37.6 Å². The highest BCUT2D eigenvalue weighted by molar-refractivity contribution is 7.89. The maximum Gasteiger partial charge on any atom is 0.244 e. The molecule has 1 fully saturated rings. The van der Waals surface area contributed by atoms with Crippen LogP contribution in [0.1, 0.15) is 26.7 Å². The third-order valence-corrected chi connectivity index (χ3v) is 6.28.